The number of nitrogens with one attached hydrogen (secondary N) is 2. The van der Waals surface area contributed by atoms with E-state index in [-0.39, 0.29) is 23.8 Å². The number of benzene rings is 1. The molecule has 2 amide bonds. The number of piperidine rings is 1. The summed E-state index contributed by atoms with van der Waals surface area (Å²) in [5.74, 6) is 0.127. The quantitative estimate of drug-likeness (QED) is 0.672. The molecule has 2 aliphatic rings. The van der Waals surface area contributed by atoms with Gasteiger partial charge >= 0.3 is 0 Å². The van der Waals surface area contributed by atoms with Gasteiger partial charge in [-0.3, -0.25) is 14.5 Å². The van der Waals surface area contributed by atoms with Crippen LogP contribution in [-0.2, 0) is 14.3 Å². The second-order valence-corrected chi connectivity index (χ2v) is 8.93. The zero-order valence-corrected chi connectivity index (χ0v) is 19.6. The third-order valence-electron chi connectivity index (χ3n) is 6.24. The number of carbonyl (C=O) groups excluding carboxylic acids is 2. The first-order valence-corrected chi connectivity index (χ1v) is 11.8. The van der Waals surface area contributed by atoms with Gasteiger partial charge in [0.2, 0.25) is 11.8 Å². The Morgan fingerprint density at radius 2 is 1.85 bits per heavy atom. The fraction of sp³-hybridized carbons (Fsp3) is 0.458. The minimum atomic E-state index is -0.340. The number of halogens is 1. The van der Waals surface area contributed by atoms with Crippen molar-refractivity contribution in [3.05, 3.63) is 47.6 Å². The molecule has 0 aliphatic carbocycles. The van der Waals surface area contributed by atoms with Crippen molar-refractivity contribution in [3.63, 3.8) is 0 Å². The molecule has 9 heteroatoms. The third kappa shape index (κ3) is 6.22. The lowest BCUT2D eigenvalue weighted by atomic mass is 9.96. The number of nitrogens with zero attached hydrogens (tertiary/aromatic N) is 3. The van der Waals surface area contributed by atoms with Crippen LogP contribution in [0.4, 0.5) is 17.2 Å². The molecule has 4 rings (SSSR count). The van der Waals surface area contributed by atoms with Crippen LogP contribution in [0, 0.1) is 5.92 Å². The van der Waals surface area contributed by atoms with Gasteiger partial charge in [-0.2, -0.15) is 0 Å². The standard InChI is InChI=1S/C24H30ClN5O3/c1-17(23(31)27-20-5-7-21(8-6-20)29-11-13-33-14-12-29)30-10-2-3-18(16-30)24(32)28-22-9-4-19(25)15-26-22/h4-9,15,17-18H,2-3,10-14,16H2,1H3,(H,27,31)(H,26,28,32)/t17-,18-/m0/s1. The van der Waals surface area contributed by atoms with E-state index in [0.717, 1.165) is 57.1 Å². The van der Waals surface area contributed by atoms with Crippen LogP contribution in [0.5, 0.6) is 0 Å². The monoisotopic (exact) mass is 471 g/mol. The predicted octanol–water partition coefficient (Wildman–Crippen LogP) is 3.25. The average molecular weight is 472 g/mol. The molecular weight excluding hydrogens is 442 g/mol. The van der Waals surface area contributed by atoms with Gasteiger partial charge in [-0.1, -0.05) is 11.6 Å². The molecule has 2 fully saturated rings. The van der Waals surface area contributed by atoms with E-state index in [4.69, 9.17) is 16.3 Å². The van der Waals surface area contributed by atoms with E-state index in [1.165, 1.54) is 6.20 Å². The van der Waals surface area contributed by atoms with Crippen molar-refractivity contribution in [1.29, 1.82) is 0 Å². The summed E-state index contributed by atoms with van der Waals surface area (Å²) in [4.78, 5) is 34.1. The van der Waals surface area contributed by atoms with Gasteiger partial charge in [0.25, 0.3) is 0 Å². The van der Waals surface area contributed by atoms with Crippen LogP contribution in [0.2, 0.25) is 5.02 Å². The highest BCUT2D eigenvalue weighted by Crippen LogP contribution is 2.22. The number of rotatable bonds is 6. The molecule has 2 atom stereocenters. The zero-order chi connectivity index (χ0) is 23.2. The summed E-state index contributed by atoms with van der Waals surface area (Å²) < 4.78 is 5.40. The van der Waals surface area contributed by atoms with Crippen molar-refractivity contribution in [3.8, 4) is 0 Å². The van der Waals surface area contributed by atoms with E-state index in [2.05, 4.69) is 25.4 Å². The predicted molar refractivity (Wildman–Crippen MR) is 130 cm³/mol. The normalized spacial score (nSPS) is 20.2. The first kappa shape index (κ1) is 23.5. The highest BCUT2D eigenvalue weighted by Gasteiger charge is 2.31. The molecule has 0 radical (unpaired) electrons. The molecule has 33 heavy (non-hydrogen) atoms. The Morgan fingerprint density at radius 3 is 2.55 bits per heavy atom. The number of ether oxygens (including phenoxy) is 1. The summed E-state index contributed by atoms with van der Waals surface area (Å²) in [6.45, 7) is 6.43. The second-order valence-electron chi connectivity index (χ2n) is 8.50. The molecule has 1 aromatic carbocycles. The lowest BCUT2D eigenvalue weighted by molar-refractivity contribution is -0.125. The molecule has 2 saturated heterocycles. The summed E-state index contributed by atoms with van der Waals surface area (Å²) in [5, 5.41) is 6.38. The molecule has 2 N–H and O–H groups in total. The molecule has 8 nitrogen and oxygen atoms in total. The van der Waals surface area contributed by atoms with E-state index in [9.17, 15) is 9.59 Å². The van der Waals surface area contributed by atoms with Crippen molar-refractivity contribution in [2.75, 3.05) is 54.9 Å². The summed E-state index contributed by atoms with van der Waals surface area (Å²) in [7, 11) is 0. The molecule has 0 unspecified atom stereocenters. The molecule has 0 spiro atoms. The molecule has 0 bridgehead atoms. The molecule has 176 valence electrons. The maximum atomic E-state index is 12.9. The minimum Gasteiger partial charge on any atom is -0.378 e. The van der Waals surface area contributed by atoms with Crippen LogP contribution >= 0.6 is 11.6 Å². The molecule has 0 saturated carbocycles. The molecule has 2 aromatic rings. The van der Waals surface area contributed by atoms with E-state index in [1.54, 1.807) is 12.1 Å². The van der Waals surface area contributed by atoms with Crippen LogP contribution < -0.4 is 15.5 Å². The van der Waals surface area contributed by atoms with Crippen molar-refractivity contribution in [1.82, 2.24) is 9.88 Å². The smallest absolute Gasteiger partial charge is 0.241 e. The SMILES string of the molecule is C[C@@H](C(=O)Nc1ccc(N2CCOCC2)cc1)N1CCC[C@H](C(=O)Nc2ccc(Cl)cn2)C1. The second kappa shape index (κ2) is 11.0. The highest BCUT2D eigenvalue weighted by atomic mass is 35.5. The molecular formula is C24H30ClN5O3. The Balaban J connectivity index is 1.30. The number of aromatic nitrogens is 1. The van der Waals surface area contributed by atoms with Gasteiger partial charge in [0.15, 0.2) is 0 Å². The maximum Gasteiger partial charge on any atom is 0.241 e. The van der Waals surface area contributed by atoms with Gasteiger partial charge < -0.3 is 20.3 Å². The van der Waals surface area contributed by atoms with Crippen LogP contribution in [-0.4, -0.2) is 67.1 Å². The number of carbonyl (C=O) groups is 2. The van der Waals surface area contributed by atoms with Gasteiger partial charge in [0.1, 0.15) is 5.82 Å². The van der Waals surface area contributed by atoms with E-state index in [0.29, 0.717) is 17.4 Å². The zero-order valence-electron chi connectivity index (χ0n) is 18.8. The van der Waals surface area contributed by atoms with Crippen LogP contribution in [0.1, 0.15) is 19.8 Å². The molecule has 3 heterocycles. The Labute approximate surface area is 199 Å². The first-order chi connectivity index (χ1) is 16.0. The highest BCUT2D eigenvalue weighted by molar-refractivity contribution is 6.30. The van der Waals surface area contributed by atoms with Gasteiger partial charge in [0.05, 0.1) is 30.2 Å². The van der Waals surface area contributed by atoms with Gasteiger partial charge in [-0.25, -0.2) is 4.98 Å². The number of hydrogen-bond acceptors (Lipinski definition) is 6. The number of pyridine rings is 1. The van der Waals surface area contributed by atoms with E-state index >= 15 is 0 Å². The first-order valence-electron chi connectivity index (χ1n) is 11.4. The maximum absolute atomic E-state index is 12.9. The number of morpholine rings is 1. The number of amides is 2. The fourth-order valence-electron chi connectivity index (χ4n) is 4.24. The topological polar surface area (TPSA) is 86.8 Å². The largest absolute Gasteiger partial charge is 0.378 e. The molecule has 2 aliphatic heterocycles. The number of likely N-dealkylation sites (tertiary alicyclic amines) is 1. The third-order valence-corrected chi connectivity index (χ3v) is 6.46. The Hall–Kier alpha value is -2.68. The molecule has 1 aromatic heterocycles. The van der Waals surface area contributed by atoms with Crippen molar-refractivity contribution < 1.29 is 14.3 Å². The Morgan fingerprint density at radius 1 is 1.09 bits per heavy atom. The summed E-state index contributed by atoms with van der Waals surface area (Å²) >= 11 is 5.86. The van der Waals surface area contributed by atoms with E-state index < -0.39 is 0 Å². The van der Waals surface area contributed by atoms with Crippen LogP contribution in [0.25, 0.3) is 0 Å². The minimum absolute atomic E-state index is 0.0745. The van der Waals surface area contributed by atoms with Gasteiger partial charge in [-0.15, -0.1) is 0 Å². The Kier molecular flexibility index (Phi) is 7.80. The average Bonchev–Trinajstić information content (AvgIpc) is 2.86. The van der Waals surface area contributed by atoms with Crippen molar-refractivity contribution in [2.45, 2.75) is 25.8 Å². The van der Waals surface area contributed by atoms with Crippen LogP contribution in [0.3, 0.4) is 0 Å². The lowest BCUT2D eigenvalue weighted by Crippen LogP contribution is -2.49. The van der Waals surface area contributed by atoms with Gasteiger partial charge in [-0.05, 0) is 62.7 Å². The number of anilines is 3. The summed E-state index contributed by atoms with van der Waals surface area (Å²) in [6, 6.07) is 10.9. The van der Waals surface area contributed by atoms with Crippen LogP contribution in [0.15, 0.2) is 42.6 Å². The van der Waals surface area contributed by atoms with Crippen molar-refractivity contribution >= 4 is 40.6 Å². The van der Waals surface area contributed by atoms with E-state index in [1.807, 2.05) is 31.2 Å². The van der Waals surface area contributed by atoms with Gasteiger partial charge in [0, 0.05) is 37.2 Å². The Bertz CT molecular complexity index is 948. The number of hydrogen-bond donors (Lipinski definition) is 2. The summed E-state index contributed by atoms with van der Waals surface area (Å²) in [5.41, 5.74) is 1.90. The summed E-state index contributed by atoms with van der Waals surface area (Å²) in [6.07, 6.45) is 3.15. The van der Waals surface area contributed by atoms with Crippen molar-refractivity contribution in [2.24, 2.45) is 5.92 Å². The fourth-order valence-corrected chi connectivity index (χ4v) is 4.35. The lowest BCUT2D eigenvalue weighted by Gasteiger charge is -2.35.